The fourth-order valence-corrected chi connectivity index (χ4v) is 2.89. The van der Waals surface area contributed by atoms with Gasteiger partial charge in [-0.2, -0.15) is 0 Å². The maximum Gasteiger partial charge on any atom is 0.122 e. The normalized spacial score (nSPS) is 14.3. The monoisotopic (exact) mass is 292 g/mol. The van der Waals surface area contributed by atoms with E-state index in [0.717, 1.165) is 18.8 Å². The van der Waals surface area contributed by atoms with Gasteiger partial charge < -0.3 is 16.2 Å². The van der Waals surface area contributed by atoms with Crippen LogP contribution in [0.15, 0.2) is 12.1 Å². The van der Waals surface area contributed by atoms with E-state index in [4.69, 9.17) is 16.2 Å². The van der Waals surface area contributed by atoms with Crippen molar-refractivity contribution in [3.05, 3.63) is 28.8 Å². The summed E-state index contributed by atoms with van der Waals surface area (Å²) >= 11 is 0. The fraction of sp³-hybridized carbons (Fsp3) is 0.667. The summed E-state index contributed by atoms with van der Waals surface area (Å²) < 4.78 is 5.81. The predicted molar refractivity (Wildman–Crippen MR) is 90.9 cm³/mol. The molecule has 2 unspecified atom stereocenters. The van der Waals surface area contributed by atoms with E-state index in [1.165, 1.54) is 16.7 Å². The smallest absolute Gasteiger partial charge is 0.122 e. The average Bonchev–Trinajstić information content (AvgIpc) is 2.48. The van der Waals surface area contributed by atoms with E-state index in [9.17, 15) is 0 Å². The first-order chi connectivity index (χ1) is 9.96. The lowest BCUT2D eigenvalue weighted by Gasteiger charge is -2.29. The van der Waals surface area contributed by atoms with Crippen molar-refractivity contribution < 1.29 is 4.74 Å². The van der Waals surface area contributed by atoms with E-state index in [-0.39, 0.29) is 0 Å². The highest BCUT2D eigenvalue weighted by molar-refractivity contribution is 5.43. The van der Waals surface area contributed by atoms with Crippen molar-refractivity contribution in [1.82, 2.24) is 0 Å². The van der Waals surface area contributed by atoms with Crippen LogP contribution in [0.1, 0.15) is 49.8 Å². The van der Waals surface area contributed by atoms with Crippen molar-refractivity contribution in [2.24, 2.45) is 23.3 Å². The van der Waals surface area contributed by atoms with Gasteiger partial charge in [0, 0.05) is 0 Å². The molecular weight excluding hydrogens is 260 g/mol. The van der Waals surface area contributed by atoms with Gasteiger partial charge in [-0.1, -0.05) is 26.8 Å². The summed E-state index contributed by atoms with van der Waals surface area (Å²) in [6.07, 6.45) is 1.03. The number of hydrogen-bond donors (Lipinski definition) is 2. The molecule has 1 aromatic rings. The third-order valence-electron chi connectivity index (χ3n) is 4.65. The number of hydrogen-bond acceptors (Lipinski definition) is 3. The highest BCUT2D eigenvalue weighted by atomic mass is 16.5. The zero-order valence-corrected chi connectivity index (χ0v) is 14.3. The Labute approximate surface area is 130 Å². The predicted octanol–water partition coefficient (Wildman–Crippen LogP) is 3.37. The molecule has 2 atom stereocenters. The molecule has 0 aliphatic rings. The first-order valence-electron chi connectivity index (χ1n) is 8.10. The minimum absolute atomic E-state index is 0.371. The molecule has 0 spiro atoms. The SMILES string of the molecule is CCCOc1cc(C)c(C(C)C(C)C(CN)CN)cc1C. The molecule has 120 valence electrons. The minimum Gasteiger partial charge on any atom is -0.493 e. The molecule has 0 radical (unpaired) electrons. The average molecular weight is 292 g/mol. The quantitative estimate of drug-likeness (QED) is 0.772. The van der Waals surface area contributed by atoms with Crippen molar-refractivity contribution in [2.45, 2.75) is 47.0 Å². The molecule has 1 aromatic carbocycles. The Morgan fingerprint density at radius 1 is 1.05 bits per heavy atom. The zero-order valence-electron chi connectivity index (χ0n) is 14.3. The van der Waals surface area contributed by atoms with Crippen molar-refractivity contribution in [1.29, 1.82) is 0 Å². The van der Waals surface area contributed by atoms with E-state index in [1.807, 2.05) is 0 Å². The zero-order chi connectivity index (χ0) is 16.0. The second-order valence-electron chi connectivity index (χ2n) is 6.20. The summed E-state index contributed by atoms with van der Waals surface area (Å²) in [7, 11) is 0. The van der Waals surface area contributed by atoms with E-state index < -0.39 is 0 Å². The van der Waals surface area contributed by atoms with E-state index in [2.05, 4.69) is 46.8 Å². The van der Waals surface area contributed by atoms with Crippen LogP contribution in [0.3, 0.4) is 0 Å². The van der Waals surface area contributed by atoms with Gasteiger partial charge in [-0.25, -0.2) is 0 Å². The summed E-state index contributed by atoms with van der Waals surface area (Å²) in [5.74, 6) is 2.30. The fourth-order valence-electron chi connectivity index (χ4n) is 2.89. The summed E-state index contributed by atoms with van der Waals surface area (Å²) in [4.78, 5) is 0. The van der Waals surface area contributed by atoms with Crippen LogP contribution in [-0.2, 0) is 0 Å². The van der Waals surface area contributed by atoms with Crippen LogP contribution in [0.4, 0.5) is 0 Å². The number of nitrogens with two attached hydrogens (primary N) is 2. The van der Waals surface area contributed by atoms with Crippen LogP contribution in [0.5, 0.6) is 5.75 Å². The second-order valence-corrected chi connectivity index (χ2v) is 6.20. The van der Waals surface area contributed by atoms with Crippen LogP contribution in [-0.4, -0.2) is 19.7 Å². The molecule has 0 aliphatic heterocycles. The molecule has 0 fully saturated rings. The van der Waals surface area contributed by atoms with Crippen molar-refractivity contribution in [2.75, 3.05) is 19.7 Å². The molecule has 1 rings (SSSR count). The van der Waals surface area contributed by atoms with Gasteiger partial charge in [-0.3, -0.25) is 0 Å². The van der Waals surface area contributed by atoms with E-state index >= 15 is 0 Å². The molecule has 0 aliphatic carbocycles. The third-order valence-corrected chi connectivity index (χ3v) is 4.65. The standard InChI is InChI=1S/C18H32N2O/c1-6-7-21-18-9-12(2)17(8-13(18)3)15(5)14(4)16(10-19)11-20/h8-9,14-16H,6-7,10-11,19-20H2,1-5H3. The molecular formula is C18H32N2O. The van der Waals surface area contributed by atoms with Gasteiger partial charge in [0.1, 0.15) is 5.75 Å². The first kappa shape index (κ1) is 18.0. The van der Waals surface area contributed by atoms with Gasteiger partial charge in [-0.05, 0) is 73.9 Å². The lowest BCUT2D eigenvalue weighted by Crippen LogP contribution is -2.31. The molecule has 3 nitrogen and oxygen atoms in total. The van der Waals surface area contributed by atoms with Crippen LogP contribution in [0.2, 0.25) is 0 Å². The van der Waals surface area contributed by atoms with Crippen LogP contribution in [0.25, 0.3) is 0 Å². The Bertz CT molecular complexity index is 441. The molecule has 0 aromatic heterocycles. The van der Waals surface area contributed by atoms with Crippen molar-refractivity contribution >= 4 is 0 Å². The Hall–Kier alpha value is -1.06. The number of rotatable bonds is 8. The summed E-state index contributed by atoms with van der Waals surface area (Å²) in [5.41, 5.74) is 15.6. The van der Waals surface area contributed by atoms with E-state index in [1.54, 1.807) is 0 Å². The Morgan fingerprint density at radius 2 is 1.67 bits per heavy atom. The third kappa shape index (κ3) is 4.45. The summed E-state index contributed by atoms with van der Waals surface area (Å²) in [6.45, 7) is 13.0. The number of benzene rings is 1. The molecule has 0 heterocycles. The van der Waals surface area contributed by atoms with Crippen LogP contribution >= 0.6 is 0 Å². The van der Waals surface area contributed by atoms with Gasteiger partial charge in [0.2, 0.25) is 0 Å². The van der Waals surface area contributed by atoms with Crippen molar-refractivity contribution in [3.8, 4) is 5.75 Å². The molecule has 0 saturated carbocycles. The molecule has 4 N–H and O–H groups in total. The maximum atomic E-state index is 5.85. The van der Waals surface area contributed by atoms with Gasteiger partial charge in [0.05, 0.1) is 6.61 Å². The van der Waals surface area contributed by atoms with Crippen LogP contribution < -0.4 is 16.2 Å². The maximum absolute atomic E-state index is 5.85. The van der Waals surface area contributed by atoms with Gasteiger partial charge in [0.15, 0.2) is 0 Å². The molecule has 21 heavy (non-hydrogen) atoms. The molecule has 0 bridgehead atoms. The Balaban J connectivity index is 2.99. The molecule has 3 heteroatoms. The highest BCUT2D eigenvalue weighted by Gasteiger charge is 2.23. The first-order valence-corrected chi connectivity index (χ1v) is 8.10. The largest absolute Gasteiger partial charge is 0.493 e. The summed E-state index contributed by atoms with van der Waals surface area (Å²) in [5, 5.41) is 0. The van der Waals surface area contributed by atoms with Gasteiger partial charge in [0.25, 0.3) is 0 Å². The Kier molecular flexibility index (Phi) is 7.20. The van der Waals surface area contributed by atoms with Crippen LogP contribution in [0, 0.1) is 25.7 Å². The number of aryl methyl sites for hydroxylation is 2. The highest BCUT2D eigenvalue weighted by Crippen LogP contribution is 2.34. The molecule has 0 saturated heterocycles. The summed E-state index contributed by atoms with van der Waals surface area (Å²) in [6, 6.07) is 4.44. The topological polar surface area (TPSA) is 61.3 Å². The second kappa shape index (κ2) is 8.40. The minimum atomic E-state index is 0.371. The van der Waals surface area contributed by atoms with Gasteiger partial charge in [-0.15, -0.1) is 0 Å². The lowest BCUT2D eigenvalue weighted by atomic mass is 9.78. The molecule has 0 amide bonds. The van der Waals surface area contributed by atoms with E-state index in [0.29, 0.717) is 30.8 Å². The Morgan fingerprint density at radius 3 is 2.19 bits per heavy atom. The lowest BCUT2D eigenvalue weighted by molar-refractivity contribution is 0.313. The van der Waals surface area contributed by atoms with Crippen molar-refractivity contribution in [3.63, 3.8) is 0 Å². The number of ether oxygens (including phenoxy) is 1. The van der Waals surface area contributed by atoms with Gasteiger partial charge >= 0.3 is 0 Å².